The summed E-state index contributed by atoms with van der Waals surface area (Å²) in [5.41, 5.74) is -0.536. The van der Waals surface area contributed by atoms with E-state index in [1.807, 2.05) is 0 Å². The highest BCUT2D eigenvalue weighted by Gasteiger charge is 2.34. The van der Waals surface area contributed by atoms with Gasteiger partial charge in [-0.2, -0.15) is 0 Å². The van der Waals surface area contributed by atoms with Crippen molar-refractivity contribution >= 4 is 38.6 Å². The Labute approximate surface area is 241 Å². The highest BCUT2D eigenvalue weighted by atomic mass is 32.2. The SMILES string of the molecule is C1CCCC1.COC(=O)N1CCN(C(=O)c2ccc(NS(=O)(=O)c3cccc4cccnc34)c(OC(F)(F)F)c2)CC1. The van der Waals surface area contributed by atoms with Gasteiger partial charge >= 0.3 is 12.5 Å². The number of alkyl halides is 3. The number of ether oxygens (including phenoxy) is 2. The van der Waals surface area contributed by atoms with E-state index < -0.39 is 39.8 Å². The molecule has 2 aromatic carbocycles. The van der Waals surface area contributed by atoms with Crippen LogP contribution >= 0.6 is 0 Å². The van der Waals surface area contributed by atoms with E-state index in [4.69, 9.17) is 0 Å². The van der Waals surface area contributed by atoms with Gasteiger partial charge in [-0.3, -0.25) is 14.5 Å². The Hall–Kier alpha value is -4.07. The van der Waals surface area contributed by atoms with Gasteiger partial charge in [0, 0.05) is 43.3 Å². The van der Waals surface area contributed by atoms with Crippen molar-refractivity contribution in [3.8, 4) is 5.75 Å². The Morgan fingerprint density at radius 3 is 2.14 bits per heavy atom. The van der Waals surface area contributed by atoms with E-state index in [2.05, 4.69) is 19.2 Å². The number of rotatable bonds is 5. The highest BCUT2D eigenvalue weighted by Crippen LogP contribution is 2.34. The van der Waals surface area contributed by atoms with E-state index in [-0.39, 0.29) is 42.2 Å². The van der Waals surface area contributed by atoms with Crippen molar-refractivity contribution in [2.24, 2.45) is 0 Å². The summed E-state index contributed by atoms with van der Waals surface area (Å²) < 4.78 is 76.5. The summed E-state index contributed by atoms with van der Waals surface area (Å²) >= 11 is 0. The number of nitrogens with one attached hydrogen (secondary N) is 1. The lowest BCUT2D eigenvalue weighted by atomic mass is 10.1. The third kappa shape index (κ3) is 7.81. The molecule has 14 heteroatoms. The average molecular weight is 609 g/mol. The van der Waals surface area contributed by atoms with E-state index in [1.165, 1.54) is 73.4 Å². The molecule has 42 heavy (non-hydrogen) atoms. The minimum atomic E-state index is -5.16. The Morgan fingerprint density at radius 2 is 1.52 bits per heavy atom. The van der Waals surface area contributed by atoms with E-state index in [1.54, 1.807) is 18.2 Å². The zero-order chi connectivity index (χ0) is 30.3. The lowest BCUT2D eigenvalue weighted by molar-refractivity contribution is -0.274. The number of carbonyl (C=O) groups is 2. The number of aromatic nitrogens is 1. The van der Waals surface area contributed by atoms with E-state index >= 15 is 0 Å². The number of halogens is 3. The quantitative estimate of drug-likeness (QED) is 0.412. The first-order valence-electron chi connectivity index (χ1n) is 13.4. The second-order valence-electron chi connectivity index (χ2n) is 9.71. The summed E-state index contributed by atoms with van der Waals surface area (Å²) in [5, 5.41) is 0.519. The molecule has 3 aromatic rings. The number of anilines is 1. The Kier molecular flexibility index (Phi) is 9.76. The van der Waals surface area contributed by atoms with Gasteiger partial charge in [0.25, 0.3) is 15.9 Å². The fourth-order valence-electron chi connectivity index (χ4n) is 4.73. The van der Waals surface area contributed by atoms with Gasteiger partial charge in [0.15, 0.2) is 5.75 Å². The number of sulfonamides is 1. The van der Waals surface area contributed by atoms with E-state index in [9.17, 15) is 31.2 Å². The molecule has 1 aromatic heterocycles. The van der Waals surface area contributed by atoms with Gasteiger partial charge in [0.2, 0.25) is 0 Å². The maximum Gasteiger partial charge on any atom is 0.573 e. The molecule has 0 bridgehead atoms. The number of fused-ring (bicyclic) bond motifs is 1. The molecule has 0 spiro atoms. The normalized spacial score (nSPS) is 15.5. The van der Waals surface area contributed by atoms with Gasteiger partial charge in [0.05, 0.1) is 18.3 Å². The van der Waals surface area contributed by atoms with Crippen LogP contribution in [0, 0.1) is 0 Å². The molecule has 1 saturated carbocycles. The van der Waals surface area contributed by atoms with Crippen LogP contribution in [0.15, 0.2) is 59.6 Å². The monoisotopic (exact) mass is 608 g/mol. The highest BCUT2D eigenvalue weighted by molar-refractivity contribution is 7.93. The topological polar surface area (TPSA) is 118 Å². The lowest BCUT2D eigenvalue weighted by Crippen LogP contribution is -2.50. The van der Waals surface area contributed by atoms with Gasteiger partial charge in [0.1, 0.15) is 4.90 Å². The molecule has 2 amide bonds. The van der Waals surface area contributed by atoms with Gasteiger partial charge in [-0.15, -0.1) is 13.2 Å². The zero-order valence-corrected chi connectivity index (χ0v) is 23.7. The maximum absolute atomic E-state index is 13.2. The van der Waals surface area contributed by atoms with Crippen LogP contribution in [0.4, 0.5) is 23.7 Å². The van der Waals surface area contributed by atoms with E-state index in [0.717, 1.165) is 12.1 Å². The number of hydrogen-bond donors (Lipinski definition) is 1. The van der Waals surface area contributed by atoms with Crippen molar-refractivity contribution in [2.45, 2.75) is 43.4 Å². The number of methoxy groups -OCH3 is 1. The molecule has 0 unspecified atom stereocenters. The Balaban J connectivity index is 0.000000732. The smallest absolute Gasteiger partial charge is 0.453 e. The molecule has 1 aliphatic heterocycles. The summed E-state index contributed by atoms with van der Waals surface area (Å²) in [5.74, 6) is -1.51. The van der Waals surface area contributed by atoms with Crippen LogP contribution in [0.5, 0.6) is 5.75 Å². The molecule has 1 N–H and O–H groups in total. The summed E-state index contributed by atoms with van der Waals surface area (Å²) in [4.78, 5) is 31.1. The third-order valence-corrected chi connectivity index (χ3v) is 8.23. The molecule has 5 rings (SSSR count). The van der Waals surface area contributed by atoms with Crippen LogP contribution in [0.3, 0.4) is 0 Å². The number of piperazine rings is 1. The second kappa shape index (κ2) is 13.3. The van der Waals surface area contributed by atoms with Crippen molar-refractivity contribution in [3.63, 3.8) is 0 Å². The van der Waals surface area contributed by atoms with Gasteiger partial charge in [-0.05, 0) is 30.3 Å². The zero-order valence-electron chi connectivity index (χ0n) is 22.9. The number of hydrogen-bond acceptors (Lipinski definition) is 7. The predicted molar refractivity (Wildman–Crippen MR) is 149 cm³/mol. The van der Waals surface area contributed by atoms with Crippen LogP contribution in [0.2, 0.25) is 0 Å². The Bertz CT molecular complexity index is 1510. The largest absolute Gasteiger partial charge is 0.573 e. The molecule has 1 aliphatic carbocycles. The molecule has 2 heterocycles. The number of benzene rings is 2. The summed E-state index contributed by atoms with van der Waals surface area (Å²) in [7, 11) is -3.16. The second-order valence-corrected chi connectivity index (χ2v) is 11.4. The molecule has 2 aliphatic rings. The minimum Gasteiger partial charge on any atom is -0.453 e. The standard InChI is InChI=1S/C23H21F3N4O6S.C5H10/c1-35-22(32)30-12-10-29(11-13-30)21(31)16-7-8-17(18(14-16)36-23(24,25)26)28-37(33,34)19-6-2-4-15-5-3-9-27-20(15)19;1-2-4-5-3-1/h2-9,14,28H,10-13H2,1H3;1-5H2. The molecule has 10 nitrogen and oxygen atoms in total. The molecule has 0 atom stereocenters. The molecule has 0 radical (unpaired) electrons. The summed E-state index contributed by atoms with van der Waals surface area (Å²) in [6.07, 6.45) is 3.19. The van der Waals surface area contributed by atoms with Gasteiger partial charge < -0.3 is 19.3 Å². The first-order chi connectivity index (χ1) is 20.0. The summed E-state index contributed by atoms with van der Waals surface area (Å²) in [6.45, 7) is 0.625. The van der Waals surface area contributed by atoms with Crippen molar-refractivity contribution in [3.05, 3.63) is 60.3 Å². The fraction of sp³-hybridized carbons (Fsp3) is 0.393. The number of nitrogens with zero attached hydrogens (tertiary/aromatic N) is 3. The van der Waals surface area contributed by atoms with Crippen LogP contribution in [0.25, 0.3) is 10.9 Å². The number of para-hydroxylation sites is 1. The van der Waals surface area contributed by atoms with Crippen LogP contribution < -0.4 is 9.46 Å². The lowest BCUT2D eigenvalue weighted by Gasteiger charge is -2.34. The van der Waals surface area contributed by atoms with Crippen LogP contribution in [-0.2, 0) is 14.8 Å². The van der Waals surface area contributed by atoms with Crippen molar-refractivity contribution in [2.75, 3.05) is 38.0 Å². The van der Waals surface area contributed by atoms with Crippen molar-refractivity contribution in [1.29, 1.82) is 0 Å². The third-order valence-electron chi connectivity index (χ3n) is 6.83. The molecular weight excluding hydrogens is 577 g/mol. The fourth-order valence-corrected chi connectivity index (χ4v) is 5.98. The van der Waals surface area contributed by atoms with Crippen molar-refractivity contribution in [1.82, 2.24) is 14.8 Å². The van der Waals surface area contributed by atoms with Gasteiger partial charge in [-0.25, -0.2) is 13.2 Å². The minimum absolute atomic E-state index is 0.131. The maximum atomic E-state index is 13.2. The number of carbonyl (C=O) groups excluding carboxylic acids is 2. The molecular formula is C28H31F3N4O6S. The molecule has 1 saturated heterocycles. The number of amides is 2. The van der Waals surface area contributed by atoms with Gasteiger partial charge in [-0.1, -0.05) is 50.3 Å². The first kappa shape index (κ1) is 30.9. The van der Waals surface area contributed by atoms with E-state index in [0.29, 0.717) is 5.39 Å². The van der Waals surface area contributed by atoms with Crippen LogP contribution in [-0.4, -0.2) is 74.9 Å². The summed E-state index contributed by atoms with van der Waals surface area (Å²) in [6, 6.07) is 10.7. The first-order valence-corrected chi connectivity index (χ1v) is 14.9. The van der Waals surface area contributed by atoms with Crippen LogP contribution in [0.1, 0.15) is 42.5 Å². The average Bonchev–Trinajstić information content (AvgIpc) is 3.57. The molecule has 226 valence electrons. The number of pyridine rings is 1. The molecule has 2 fully saturated rings. The van der Waals surface area contributed by atoms with Crippen molar-refractivity contribution < 1.29 is 40.7 Å². The Morgan fingerprint density at radius 1 is 0.905 bits per heavy atom. The predicted octanol–water partition coefficient (Wildman–Crippen LogP) is 5.41.